The molecular weight excluding hydrogens is 813 g/mol. The fourth-order valence-corrected chi connectivity index (χ4v) is 9.52. The lowest BCUT2D eigenvalue weighted by Gasteiger charge is -2.27. The van der Waals surface area contributed by atoms with Crippen LogP contribution in [0.5, 0.6) is 0 Å². The van der Waals surface area contributed by atoms with Crippen LogP contribution in [0.3, 0.4) is 0 Å². The Morgan fingerprint density at radius 1 is 0.385 bits per heavy atom. The van der Waals surface area contributed by atoms with E-state index in [0.717, 1.165) is 43.9 Å². The molecule has 0 N–H and O–H groups in total. The quantitative estimate of drug-likeness (QED) is 0.111. The smallest absolute Gasteiger partial charge is 0.186 e. The third kappa shape index (κ3) is 6.55. The molecule has 65 heavy (non-hydrogen) atoms. The van der Waals surface area contributed by atoms with Gasteiger partial charge in [0.2, 0.25) is 0 Å². The lowest BCUT2D eigenvalue weighted by atomic mass is 9.80. The first-order chi connectivity index (χ1) is 32.9. The van der Waals surface area contributed by atoms with E-state index < -0.39 is 46.8 Å². The van der Waals surface area contributed by atoms with Gasteiger partial charge in [-0.2, -0.15) is 0 Å². The van der Waals surface area contributed by atoms with Crippen molar-refractivity contribution in [3.8, 4) is 33.4 Å². The Bertz CT molecular complexity index is 3500. The summed E-state index contributed by atoms with van der Waals surface area (Å²) < 4.78 is 94.9. The van der Waals surface area contributed by atoms with Crippen LogP contribution in [0.2, 0.25) is 0 Å². The van der Waals surface area contributed by atoms with Crippen LogP contribution in [0.15, 0.2) is 206 Å². The minimum absolute atomic E-state index is 0.168. The molecule has 0 bridgehead atoms. The lowest BCUT2D eigenvalue weighted by molar-refractivity contribution is 0.461. The van der Waals surface area contributed by atoms with Crippen LogP contribution >= 0.6 is 0 Å². The number of anilines is 6. The topological polar surface area (TPSA) is 6.48 Å². The lowest BCUT2D eigenvalue weighted by Crippen LogP contribution is -2.17. The maximum atomic E-state index is 17.0. The van der Waals surface area contributed by atoms with Crippen LogP contribution in [0.4, 0.5) is 51.7 Å². The van der Waals surface area contributed by atoms with E-state index in [1.807, 2.05) is 72.8 Å². The molecule has 1 atom stereocenters. The van der Waals surface area contributed by atoms with Crippen molar-refractivity contribution < 1.29 is 21.7 Å². The molecule has 0 spiro atoms. The minimum Gasteiger partial charge on any atom is -0.310 e. The van der Waals surface area contributed by atoms with Gasteiger partial charge < -0.3 is 9.80 Å². The first-order valence-electron chi connectivity index (χ1n) is 22.9. The van der Waals surface area contributed by atoms with Crippen molar-refractivity contribution in [2.45, 2.75) is 19.2 Å². The van der Waals surface area contributed by atoms with Crippen molar-refractivity contribution in [1.29, 1.82) is 0 Å². The number of fused-ring (bicyclic) bond motifs is 6. The molecule has 0 fully saturated rings. The minimum atomic E-state index is -2.69. The normalized spacial score (nSPS) is 14.9. The molecule has 10 aromatic rings. The van der Waals surface area contributed by atoms with E-state index in [4.69, 9.17) is 4.11 Å². The van der Waals surface area contributed by atoms with Crippen molar-refractivity contribution >= 4 is 55.7 Å². The average molecular weight is 856 g/mol. The summed E-state index contributed by atoms with van der Waals surface area (Å²) in [6.45, 7) is -1.08. The van der Waals surface area contributed by atoms with Crippen molar-refractivity contribution in [2.75, 3.05) is 9.80 Å². The number of para-hydroxylation sites is 3. The molecule has 0 saturated carbocycles. The van der Waals surface area contributed by atoms with Crippen LogP contribution in [-0.4, -0.2) is 0 Å². The first-order valence-corrected chi connectivity index (χ1v) is 21.4. The second-order valence-electron chi connectivity index (χ2n) is 16.5. The van der Waals surface area contributed by atoms with Crippen LogP contribution < -0.4 is 9.80 Å². The van der Waals surface area contributed by atoms with E-state index in [0.29, 0.717) is 27.5 Å². The van der Waals surface area contributed by atoms with Crippen LogP contribution in [0.25, 0.3) is 54.9 Å². The van der Waals surface area contributed by atoms with Gasteiger partial charge in [-0.3, -0.25) is 0 Å². The molecular formula is C59H40F4N2. The van der Waals surface area contributed by atoms with Gasteiger partial charge in [0.1, 0.15) is 5.69 Å². The SMILES string of the molecule is [2H]C([2H])([2H])C1(C)c2cc(-c3ccc(N(c4ccccc4)c4ccc5ccccc5c4)cc3)ccc2-c2c1cc(-c1c(F)c(F)c(N(c3ccccc3)c3ccccc3)c(F)c1F)c1ccccc21. The summed E-state index contributed by atoms with van der Waals surface area (Å²) in [6, 6.07) is 63.1. The molecule has 0 radical (unpaired) electrons. The Balaban J connectivity index is 1.04. The summed E-state index contributed by atoms with van der Waals surface area (Å²) in [7, 11) is 0. The highest BCUT2D eigenvalue weighted by molar-refractivity contribution is 6.09. The van der Waals surface area contributed by atoms with Gasteiger partial charge in [-0.05, 0) is 133 Å². The van der Waals surface area contributed by atoms with Gasteiger partial charge in [0.15, 0.2) is 23.3 Å². The first kappa shape index (κ1) is 36.5. The summed E-state index contributed by atoms with van der Waals surface area (Å²) in [5.74, 6) is -6.41. The average Bonchev–Trinajstić information content (AvgIpc) is 3.64. The fourth-order valence-electron chi connectivity index (χ4n) is 9.52. The molecule has 0 aromatic heterocycles. The van der Waals surface area contributed by atoms with Gasteiger partial charge in [-0.25, -0.2) is 17.6 Å². The molecule has 2 nitrogen and oxygen atoms in total. The molecule has 1 unspecified atom stereocenters. The largest absolute Gasteiger partial charge is 0.310 e. The summed E-state index contributed by atoms with van der Waals surface area (Å²) >= 11 is 0. The van der Waals surface area contributed by atoms with Crippen molar-refractivity contribution in [2.24, 2.45) is 0 Å². The highest BCUT2D eigenvalue weighted by Crippen LogP contribution is 2.55. The standard InChI is InChI=1S/C59H40F4N2/c1-59(2)50-35-40(38-26-30-44(31-27-38)64(41-18-6-3-7-19-41)45-32-28-37-16-12-13-17-39(37)34-45)29-33-48(50)52-47-25-15-14-24-46(47)49(36-51(52)59)53-54(60)56(62)58(57(63)55(53)61)65(42-20-8-4-9-21-42)43-22-10-5-11-23-43/h3-36H,1-2H3/i1D3. The summed E-state index contributed by atoms with van der Waals surface area (Å²) in [4.78, 5) is 3.32. The number of rotatable bonds is 8. The predicted octanol–water partition coefficient (Wildman–Crippen LogP) is 17.1. The number of halogens is 4. The Kier molecular flexibility index (Phi) is 8.81. The van der Waals surface area contributed by atoms with Gasteiger partial charge in [0.05, 0.1) is 5.56 Å². The fraction of sp³-hybridized carbons (Fsp3) is 0.0508. The van der Waals surface area contributed by atoms with Crippen molar-refractivity contribution in [1.82, 2.24) is 0 Å². The molecule has 0 heterocycles. The zero-order chi connectivity index (χ0) is 46.9. The van der Waals surface area contributed by atoms with Gasteiger partial charge in [0, 0.05) is 38.0 Å². The van der Waals surface area contributed by atoms with E-state index >= 15 is 17.6 Å². The van der Waals surface area contributed by atoms with Crippen molar-refractivity contribution in [3.63, 3.8) is 0 Å². The molecule has 1 aliphatic rings. The maximum absolute atomic E-state index is 17.0. The number of nitrogens with zero attached hydrogens (tertiary/aromatic N) is 2. The van der Waals surface area contributed by atoms with Crippen LogP contribution in [0, 0.1) is 23.3 Å². The number of hydrogen-bond acceptors (Lipinski definition) is 2. The second kappa shape index (κ2) is 15.7. The summed E-state index contributed by atoms with van der Waals surface area (Å²) in [5.41, 5.74) is 3.29. The van der Waals surface area contributed by atoms with Crippen LogP contribution in [-0.2, 0) is 5.41 Å². The highest BCUT2D eigenvalue weighted by atomic mass is 19.2. The Labute approximate surface area is 379 Å². The van der Waals surface area contributed by atoms with E-state index in [9.17, 15) is 0 Å². The zero-order valence-electron chi connectivity index (χ0n) is 38.0. The molecule has 314 valence electrons. The molecule has 0 amide bonds. The van der Waals surface area contributed by atoms with E-state index in [2.05, 4.69) is 47.4 Å². The van der Waals surface area contributed by atoms with Crippen LogP contribution in [0.1, 0.15) is 29.0 Å². The maximum Gasteiger partial charge on any atom is 0.186 e. The molecule has 10 aromatic carbocycles. The van der Waals surface area contributed by atoms with E-state index in [-0.39, 0.29) is 22.5 Å². The predicted molar refractivity (Wildman–Crippen MR) is 259 cm³/mol. The molecule has 6 heteroatoms. The van der Waals surface area contributed by atoms with Gasteiger partial charge in [0.25, 0.3) is 0 Å². The molecule has 0 saturated heterocycles. The third-order valence-corrected chi connectivity index (χ3v) is 12.6. The van der Waals surface area contributed by atoms with Gasteiger partial charge in [-0.15, -0.1) is 0 Å². The third-order valence-electron chi connectivity index (χ3n) is 12.6. The monoisotopic (exact) mass is 855 g/mol. The Hall–Kier alpha value is -7.96. The molecule has 0 aliphatic heterocycles. The molecule has 11 rings (SSSR count). The Morgan fingerprint density at radius 3 is 1.51 bits per heavy atom. The van der Waals surface area contributed by atoms with E-state index in [1.165, 1.54) is 6.07 Å². The van der Waals surface area contributed by atoms with Gasteiger partial charge in [-0.1, -0.05) is 147 Å². The zero-order valence-corrected chi connectivity index (χ0v) is 35.0. The second-order valence-corrected chi connectivity index (χ2v) is 16.5. The number of hydrogen-bond donors (Lipinski definition) is 0. The summed E-state index contributed by atoms with van der Waals surface area (Å²) in [6.07, 6.45) is 0. The summed E-state index contributed by atoms with van der Waals surface area (Å²) in [5, 5.41) is 3.03. The Morgan fingerprint density at radius 2 is 0.892 bits per heavy atom. The van der Waals surface area contributed by atoms with Gasteiger partial charge >= 0.3 is 0 Å². The van der Waals surface area contributed by atoms with Crippen molar-refractivity contribution in [3.05, 3.63) is 241 Å². The highest BCUT2D eigenvalue weighted by Gasteiger charge is 2.39. The van der Waals surface area contributed by atoms with E-state index in [1.54, 1.807) is 91.9 Å². The number of benzene rings is 10. The molecule has 1 aliphatic carbocycles.